The van der Waals surface area contributed by atoms with Gasteiger partial charge in [0, 0.05) is 6.42 Å². The molecular weight excluding hydrogens is 263 g/mol. The average Bonchev–Trinajstić information content (AvgIpc) is 2.37. The molecule has 1 nitrogen and oxygen atoms in total. The molecule has 2 aromatic carbocycles. The van der Waals surface area contributed by atoms with Gasteiger partial charge in [0.25, 0.3) is 0 Å². The van der Waals surface area contributed by atoms with Crippen molar-refractivity contribution in [1.82, 2.24) is 0 Å². The summed E-state index contributed by atoms with van der Waals surface area (Å²) in [7, 11) is 0. The number of benzene rings is 2. The zero-order chi connectivity index (χ0) is 14.0. The third-order valence-electron chi connectivity index (χ3n) is 3.42. The number of aryl methyl sites for hydroxylation is 1. The maximum atomic E-state index is 13.4. The van der Waals surface area contributed by atoms with E-state index in [0.717, 1.165) is 22.3 Å². The normalized spacial score (nSPS) is 12.5. The number of aliphatic hydroxyl groups is 1. The standard InChI is InChI=1S/C16H16ClFO/c1-10-4-3-5-13(11(10)2)16(19)9-12-6-7-14(17)15(18)8-12/h3-8,16,19H,9H2,1-2H3. The largest absolute Gasteiger partial charge is 0.388 e. The smallest absolute Gasteiger partial charge is 0.142 e. The molecule has 2 aromatic rings. The Morgan fingerprint density at radius 3 is 2.63 bits per heavy atom. The zero-order valence-corrected chi connectivity index (χ0v) is 11.7. The fourth-order valence-electron chi connectivity index (χ4n) is 2.13. The van der Waals surface area contributed by atoms with Gasteiger partial charge < -0.3 is 5.11 Å². The molecule has 0 fully saturated rings. The second-order valence-electron chi connectivity index (χ2n) is 4.76. The molecule has 0 aliphatic rings. The molecule has 0 bridgehead atoms. The molecule has 0 saturated carbocycles. The van der Waals surface area contributed by atoms with E-state index in [4.69, 9.17) is 11.6 Å². The van der Waals surface area contributed by atoms with Crippen LogP contribution in [-0.4, -0.2) is 5.11 Å². The quantitative estimate of drug-likeness (QED) is 0.884. The molecule has 100 valence electrons. The first-order valence-electron chi connectivity index (χ1n) is 6.17. The summed E-state index contributed by atoms with van der Waals surface area (Å²) < 4.78 is 13.4. The molecule has 19 heavy (non-hydrogen) atoms. The van der Waals surface area contributed by atoms with Crippen LogP contribution in [0.2, 0.25) is 5.02 Å². The van der Waals surface area contributed by atoms with E-state index in [1.54, 1.807) is 6.07 Å². The van der Waals surface area contributed by atoms with Gasteiger partial charge in [0.05, 0.1) is 11.1 Å². The van der Waals surface area contributed by atoms with Crippen molar-refractivity contribution in [2.45, 2.75) is 26.4 Å². The maximum absolute atomic E-state index is 13.4. The lowest BCUT2D eigenvalue weighted by Crippen LogP contribution is -2.05. The van der Waals surface area contributed by atoms with E-state index in [9.17, 15) is 9.50 Å². The fourth-order valence-corrected chi connectivity index (χ4v) is 2.25. The summed E-state index contributed by atoms with van der Waals surface area (Å²) in [4.78, 5) is 0. The van der Waals surface area contributed by atoms with Crippen molar-refractivity contribution in [3.63, 3.8) is 0 Å². The van der Waals surface area contributed by atoms with Crippen molar-refractivity contribution in [2.24, 2.45) is 0 Å². The molecule has 0 amide bonds. The maximum Gasteiger partial charge on any atom is 0.142 e. The van der Waals surface area contributed by atoms with Crippen LogP contribution in [0.5, 0.6) is 0 Å². The first-order valence-corrected chi connectivity index (χ1v) is 6.55. The molecule has 0 aliphatic carbocycles. The minimum Gasteiger partial charge on any atom is -0.388 e. The van der Waals surface area contributed by atoms with Gasteiger partial charge in [-0.3, -0.25) is 0 Å². The van der Waals surface area contributed by atoms with Gasteiger partial charge in [-0.05, 0) is 48.2 Å². The van der Waals surface area contributed by atoms with Crippen LogP contribution in [-0.2, 0) is 6.42 Å². The molecular formula is C16H16ClFO. The van der Waals surface area contributed by atoms with Gasteiger partial charge in [-0.25, -0.2) is 4.39 Å². The third-order valence-corrected chi connectivity index (χ3v) is 3.73. The van der Waals surface area contributed by atoms with Crippen LogP contribution in [0, 0.1) is 19.7 Å². The van der Waals surface area contributed by atoms with Gasteiger partial charge in [-0.1, -0.05) is 35.9 Å². The van der Waals surface area contributed by atoms with Gasteiger partial charge in [0.15, 0.2) is 0 Å². The Balaban J connectivity index is 2.23. The Bertz CT molecular complexity index is 595. The summed E-state index contributed by atoms with van der Waals surface area (Å²) in [6.07, 6.45) is -0.265. The van der Waals surface area contributed by atoms with Crippen LogP contribution in [0.15, 0.2) is 36.4 Å². The molecule has 2 rings (SSSR count). The second-order valence-corrected chi connectivity index (χ2v) is 5.16. The molecule has 0 radical (unpaired) electrons. The number of rotatable bonds is 3. The molecule has 0 spiro atoms. The summed E-state index contributed by atoms with van der Waals surface area (Å²) in [5.41, 5.74) is 3.83. The second kappa shape index (κ2) is 5.72. The Kier molecular flexibility index (Phi) is 4.23. The van der Waals surface area contributed by atoms with Crippen LogP contribution in [0.3, 0.4) is 0 Å². The fraction of sp³-hybridized carbons (Fsp3) is 0.250. The monoisotopic (exact) mass is 278 g/mol. The van der Waals surface area contributed by atoms with Gasteiger partial charge >= 0.3 is 0 Å². The van der Waals surface area contributed by atoms with Gasteiger partial charge in [-0.2, -0.15) is 0 Å². The minimum absolute atomic E-state index is 0.102. The summed E-state index contributed by atoms with van der Waals surface area (Å²) in [6.45, 7) is 3.99. The van der Waals surface area contributed by atoms with Crippen molar-refractivity contribution in [2.75, 3.05) is 0 Å². The highest BCUT2D eigenvalue weighted by atomic mass is 35.5. The molecule has 1 unspecified atom stereocenters. The van der Waals surface area contributed by atoms with Crippen molar-refractivity contribution in [3.05, 3.63) is 69.5 Å². The van der Waals surface area contributed by atoms with Crippen molar-refractivity contribution in [1.29, 1.82) is 0 Å². The zero-order valence-electron chi connectivity index (χ0n) is 11.0. The third kappa shape index (κ3) is 3.14. The molecule has 3 heteroatoms. The summed E-state index contributed by atoms with van der Waals surface area (Å²) in [5, 5.41) is 10.4. The summed E-state index contributed by atoms with van der Waals surface area (Å²) in [6, 6.07) is 10.5. The van der Waals surface area contributed by atoms with Gasteiger partial charge in [-0.15, -0.1) is 0 Å². The van der Waals surface area contributed by atoms with E-state index in [1.807, 2.05) is 32.0 Å². The summed E-state index contributed by atoms with van der Waals surface area (Å²) >= 11 is 5.64. The van der Waals surface area contributed by atoms with Crippen LogP contribution in [0.25, 0.3) is 0 Å². The van der Waals surface area contributed by atoms with Crippen molar-refractivity contribution >= 4 is 11.6 Å². The molecule has 1 atom stereocenters. The Morgan fingerprint density at radius 1 is 1.21 bits per heavy atom. The van der Waals surface area contributed by atoms with Crippen LogP contribution in [0.1, 0.15) is 28.4 Å². The first-order chi connectivity index (χ1) is 8.99. The molecule has 1 N–H and O–H groups in total. The number of hydrogen-bond acceptors (Lipinski definition) is 1. The van der Waals surface area contributed by atoms with E-state index in [1.165, 1.54) is 12.1 Å². The summed E-state index contributed by atoms with van der Waals surface area (Å²) in [5.74, 6) is -0.452. The van der Waals surface area contributed by atoms with E-state index >= 15 is 0 Å². The van der Waals surface area contributed by atoms with E-state index in [2.05, 4.69) is 0 Å². The van der Waals surface area contributed by atoms with Crippen LogP contribution in [0.4, 0.5) is 4.39 Å². The predicted molar refractivity (Wildman–Crippen MR) is 76.0 cm³/mol. The number of halogens is 2. The Labute approximate surface area is 117 Å². The first kappa shape index (κ1) is 14.0. The van der Waals surface area contributed by atoms with Gasteiger partial charge in [0.1, 0.15) is 5.82 Å². The SMILES string of the molecule is Cc1cccc(C(O)Cc2ccc(Cl)c(F)c2)c1C. The lowest BCUT2D eigenvalue weighted by molar-refractivity contribution is 0.177. The lowest BCUT2D eigenvalue weighted by Gasteiger charge is -2.15. The van der Waals surface area contributed by atoms with Crippen molar-refractivity contribution in [3.8, 4) is 0 Å². The van der Waals surface area contributed by atoms with E-state index in [0.29, 0.717) is 6.42 Å². The van der Waals surface area contributed by atoms with E-state index < -0.39 is 11.9 Å². The van der Waals surface area contributed by atoms with E-state index in [-0.39, 0.29) is 5.02 Å². The van der Waals surface area contributed by atoms with Crippen LogP contribution >= 0.6 is 11.6 Å². The lowest BCUT2D eigenvalue weighted by atomic mass is 9.95. The van der Waals surface area contributed by atoms with Gasteiger partial charge in [0.2, 0.25) is 0 Å². The highest BCUT2D eigenvalue weighted by Gasteiger charge is 2.13. The molecule has 0 aromatic heterocycles. The highest BCUT2D eigenvalue weighted by molar-refractivity contribution is 6.30. The number of hydrogen-bond donors (Lipinski definition) is 1. The predicted octanol–water partition coefficient (Wildman–Crippen LogP) is 4.37. The van der Waals surface area contributed by atoms with Crippen molar-refractivity contribution < 1.29 is 9.50 Å². The Morgan fingerprint density at radius 2 is 1.95 bits per heavy atom. The minimum atomic E-state index is -0.638. The molecule has 0 aliphatic heterocycles. The topological polar surface area (TPSA) is 20.2 Å². The highest BCUT2D eigenvalue weighted by Crippen LogP contribution is 2.25. The Hall–Kier alpha value is -1.38. The average molecular weight is 279 g/mol. The molecule has 0 saturated heterocycles. The van der Waals surface area contributed by atoms with Crippen LogP contribution < -0.4 is 0 Å². The molecule has 0 heterocycles. The number of aliphatic hydroxyl groups excluding tert-OH is 1.